The quantitative estimate of drug-likeness (QED) is 0.660. The van der Waals surface area contributed by atoms with Gasteiger partial charge in [-0.1, -0.05) is 5.57 Å². The van der Waals surface area contributed by atoms with E-state index in [2.05, 4.69) is 46.9 Å². The van der Waals surface area contributed by atoms with Crippen molar-refractivity contribution in [2.45, 2.75) is 66.2 Å². The first kappa shape index (κ1) is 13.9. The summed E-state index contributed by atoms with van der Waals surface area (Å²) in [7, 11) is -2.12. The Morgan fingerprint density at radius 2 is 1.56 bits per heavy atom. The maximum absolute atomic E-state index is 6.04. The fourth-order valence-corrected chi connectivity index (χ4v) is 5.23. The maximum Gasteiger partial charge on any atom is 0.362 e. The lowest BCUT2D eigenvalue weighted by Crippen LogP contribution is -2.41. The summed E-state index contributed by atoms with van der Waals surface area (Å²) < 4.78 is 12.1. The van der Waals surface area contributed by atoms with Crippen LogP contribution in [0.4, 0.5) is 0 Å². The van der Waals surface area contributed by atoms with Crippen molar-refractivity contribution >= 4 is 8.56 Å². The normalized spacial score (nSPS) is 18.6. The van der Waals surface area contributed by atoms with E-state index in [0.717, 1.165) is 5.92 Å². The first-order valence-corrected chi connectivity index (χ1v) is 8.77. The highest BCUT2D eigenvalue weighted by molar-refractivity contribution is 6.71. The molecule has 0 aromatic carbocycles. The molecule has 0 unspecified atom stereocenters. The van der Waals surface area contributed by atoms with Crippen LogP contribution in [0, 0.1) is 5.92 Å². The highest BCUT2D eigenvalue weighted by Gasteiger charge is 2.34. The Morgan fingerprint density at radius 1 is 1.12 bits per heavy atom. The third-order valence-corrected chi connectivity index (χ3v) is 5.51. The predicted octanol–water partition coefficient (Wildman–Crippen LogP) is 3.80. The van der Waals surface area contributed by atoms with E-state index in [4.69, 9.17) is 8.85 Å². The monoisotopic (exact) mass is 242 g/mol. The van der Waals surface area contributed by atoms with Gasteiger partial charge >= 0.3 is 8.56 Å². The zero-order valence-corrected chi connectivity index (χ0v) is 12.5. The lowest BCUT2D eigenvalue weighted by atomic mass is 10.2. The summed E-state index contributed by atoms with van der Waals surface area (Å²) in [6.45, 7) is 12.7. The number of rotatable bonds is 6. The molecule has 1 aliphatic rings. The van der Waals surface area contributed by atoms with Crippen LogP contribution in [0.1, 0.15) is 47.5 Å². The van der Waals surface area contributed by atoms with Crippen LogP contribution in [-0.4, -0.2) is 20.8 Å². The molecule has 0 amide bonds. The van der Waals surface area contributed by atoms with Crippen molar-refractivity contribution in [3.05, 3.63) is 11.3 Å². The van der Waals surface area contributed by atoms with E-state index in [-0.39, 0.29) is 12.2 Å². The summed E-state index contributed by atoms with van der Waals surface area (Å²) in [5, 5.41) is 0. The second kappa shape index (κ2) is 5.47. The number of hydrogen-bond donors (Lipinski definition) is 0. The Bertz CT molecular complexity index is 245. The van der Waals surface area contributed by atoms with Crippen LogP contribution in [-0.2, 0) is 8.85 Å². The topological polar surface area (TPSA) is 18.5 Å². The molecule has 0 spiro atoms. The molecule has 94 valence electrons. The van der Waals surface area contributed by atoms with Gasteiger partial charge in [0.25, 0.3) is 0 Å². The molecular weight excluding hydrogens is 216 g/mol. The maximum atomic E-state index is 6.04. The Morgan fingerprint density at radius 3 is 1.88 bits per heavy atom. The van der Waals surface area contributed by atoms with Crippen molar-refractivity contribution in [3.63, 3.8) is 0 Å². The Labute approximate surface area is 101 Å². The molecule has 3 heteroatoms. The van der Waals surface area contributed by atoms with E-state index in [1.165, 1.54) is 18.4 Å². The number of allylic oxidation sites excluding steroid dienone is 1. The average Bonchev–Trinajstić information content (AvgIpc) is 2.79. The Balaban J connectivity index is 2.71. The van der Waals surface area contributed by atoms with Gasteiger partial charge in [-0.25, -0.2) is 0 Å². The van der Waals surface area contributed by atoms with E-state index in [1.807, 2.05) is 0 Å². The van der Waals surface area contributed by atoms with E-state index in [0.29, 0.717) is 0 Å². The van der Waals surface area contributed by atoms with Gasteiger partial charge in [0.2, 0.25) is 0 Å². The van der Waals surface area contributed by atoms with Gasteiger partial charge in [-0.15, -0.1) is 0 Å². The second-order valence-corrected chi connectivity index (χ2v) is 8.30. The van der Waals surface area contributed by atoms with Gasteiger partial charge in [-0.05, 0) is 65.6 Å². The Hall–Kier alpha value is -0.123. The molecule has 1 saturated carbocycles. The fourth-order valence-electron chi connectivity index (χ4n) is 2.10. The smallest absolute Gasteiger partial charge is 0.362 e. The van der Waals surface area contributed by atoms with E-state index >= 15 is 0 Å². The predicted molar refractivity (Wildman–Crippen MR) is 70.5 cm³/mol. The summed E-state index contributed by atoms with van der Waals surface area (Å²) in [6, 6.07) is 0. The summed E-state index contributed by atoms with van der Waals surface area (Å²) in [4.78, 5) is 0. The van der Waals surface area contributed by atoms with Gasteiger partial charge in [-0.2, -0.15) is 0 Å². The van der Waals surface area contributed by atoms with Crippen LogP contribution in [0.5, 0.6) is 0 Å². The lowest BCUT2D eigenvalue weighted by molar-refractivity contribution is 0.118. The summed E-state index contributed by atoms with van der Waals surface area (Å²) >= 11 is 0. The van der Waals surface area contributed by atoms with Crippen LogP contribution < -0.4 is 0 Å². The molecule has 0 saturated heterocycles. The molecule has 0 aliphatic heterocycles. The molecule has 0 aromatic heterocycles. The first-order valence-electron chi connectivity index (χ1n) is 6.37. The molecule has 1 fully saturated rings. The SMILES string of the molecule is CC(=C[Si](C)(OC(C)C)OC(C)C)C1CC1. The zero-order valence-electron chi connectivity index (χ0n) is 11.5. The van der Waals surface area contributed by atoms with Gasteiger partial charge in [0.1, 0.15) is 0 Å². The molecule has 0 N–H and O–H groups in total. The van der Waals surface area contributed by atoms with Crippen molar-refractivity contribution in [3.8, 4) is 0 Å². The van der Waals surface area contributed by atoms with Crippen LogP contribution in [0.15, 0.2) is 11.3 Å². The Kier molecular flexibility index (Phi) is 4.77. The lowest BCUT2D eigenvalue weighted by Gasteiger charge is -2.29. The molecule has 2 nitrogen and oxygen atoms in total. The minimum absolute atomic E-state index is 0.235. The summed E-state index contributed by atoms with van der Waals surface area (Å²) in [6.07, 6.45) is 3.16. The van der Waals surface area contributed by atoms with Gasteiger partial charge in [0.15, 0.2) is 0 Å². The van der Waals surface area contributed by atoms with Crippen molar-refractivity contribution < 1.29 is 8.85 Å². The molecule has 16 heavy (non-hydrogen) atoms. The summed E-state index contributed by atoms with van der Waals surface area (Å²) in [5.41, 5.74) is 3.76. The molecule has 0 bridgehead atoms. The molecule has 1 rings (SSSR count). The van der Waals surface area contributed by atoms with Crippen LogP contribution in [0.3, 0.4) is 0 Å². The highest BCUT2D eigenvalue weighted by atomic mass is 28.4. The third kappa shape index (κ3) is 4.81. The van der Waals surface area contributed by atoms with Crippen molar-refractivity contribution in [1.82, 2.24) is 0 Å². The van der Waals surface area contributed by atoms with Crippen molar-refractivity contribution in [2.24, 2.45) is 5.92 Å². The van der Waals surface area contributed by atoms with E-state index in [1.54, 1.807) is 0 Å². The largest absolute Gasteiger partial charge is 0.389 e. The standard InChI is InChI=1S/C13H26O2Si/c1-10(2)14-16(6,15-11(3)4)9-12(5)13-7-8-13/h9-11,13H,7-8H2,1-6H3. The van der Waals surface area contributed by atoms with E-state index in [9.17, 15) is 0 Å². The molecule has 0 aromatic rings. The van der Waals surface area contributed by atoms with Gasteiger partial charge in [0.05, 0.1) is 0 Å². The van der Waals surface area contributed by atoms with Gasteiger partial charge < -0.3 is 8.85 Å². The fraction of sp³-hybridized carbons (Fsp3) is 0.846. The van der Waals surface area contributed by atoms with Crippen molar-refractivity contribution in [2.75, 3.05) is 0 Å². The molecule has 0 atom stereocenters. The van der Waals surface area contributed by atoms with E-state index < -0.39 is 8.56 Å². The second-order valence-electron chi connectivity index (χ2n) is 5.51. The molecule has 1 aliphatic carbocycles. The zero-order chi connectivity index (χ0) is 12.3. The molecular formula is C13H26O2Si. The van der Waals surface area contributed by atoms with Crippen LogP contribution in [0.2, 0.25) is 6.55 Å². The number of hydrogen-bond acceptors (Lipinski definition) is 2. The first-order chi connectivity index (χ1) is 7.32. The minimum atomic E-state index is -2.12. The molecule has 0 heterocycles. The minimum Gasteiger partial charge on any atom is -0.389 e. The van der Waals surface area contributed by atoms with Crippen molar-refractivity contribution in [1.29, 1.82) is 0 Å². The molecule has 0 radical (unpaired) electrons. The average molecular weight is 242 g/mol. The third-order valence-electron chi connectivity index (χ3n) is 2.65. The van der Waals surface area contributed by atoms with Crippen LogP contribution >= 0.6 is 0 Å². The van der Waals surface area contributed by atoms with Crippen LogP contribution in [0.25, 0.3) is 0 Å². The van der Waals surface area contributed by atoms with Gasteiger partial charge in [0, 0.05) is 12.2 Å². The summed E-state index contributed by atoms with van der Waals surface area (Å²) in [5.74, 6) is 0.804. The highest BCUT2D eigenvalue weighted by Crippen LogP contribution is 2.37. The van der Waals surface area contributed by atoms with Gasteiger partial charge in [-0.3, -0.25) is 0 Å².